The molecule has 1 heterocycles. The molecule has 1 aliphatic carbocycles. The lowest BCUT2D eigenvalue weighted by Gasteiger charge is -2.37. The predicted octanol–water partition coefficient (Wildman–Crippen LogP) is 5.42. The minimum absolute atomic E-state index is 0.137. The Morgan fingerprint density at radius 2 is 1.71 bits per heavy atom. The van der Waals surface area contributed by atoms with Crippen LogP contribution in [-0.4, -0.2) is 40.2 Å². The molecule has 0 spiro atoms. The van der Waals surface area contributed by atoms with Crippen LogP contribution in [-0.2, 0) is 10.2 Å². The molecule has 1 fully saturated rings. The molecule has 1 N–H and O–H groups in total. The highest BCUT2D eigenvalue weighted by Crippen LogP contribution is 2.47. The minimum Gasteiger partial charge on any atom is -0.484 e. The van der Waals surface area contributed by atoms with Gasteiger partial charge < -0.3 is 9.84 Å². The lowest BCUT2D eigenvalue weighted by atomic mass is 9.78. The van der Waals surface area contributed by atoms with Crippen molar-refractivity contribution in [2.24, 2.45) is 11.0 Å². The molecule has 4 rings (SSSR count). The number of fused-ring (bicyclic) bond motifs is 1. The molecule has 1 amide bonds. The second-order valence-electron chi connectivity index (χ2n) is 9.48. The van der Waals surface area contributed by atoms with Crippen molar-refractivity contribution < 1.29 is 27.8 Å². The highest BCUT2D eigenvalue weighted by Gasteiger charge is 2.68. The van der Waals surface area contributed by atoms with Gasteiger partial charge in [0.05, 0.1) is 5.92 Å². The molecular formula is C26H29F3N2O3. The first-order valence-electron chi connectivity index (χ1n) is 11.5. The van der Waals surface area contributed by atoms with Gasteiger partial charge in [-0.2, -0.15) is 23.3 Å². The molecule has 8 heteroatoms. The third kappa shape index (κ3) is 4.31. The van der Waals surface area contributed by atoms with Gasteiger partial charge in [-0.25, -0.2) is 0 Å². The quantitative estimate of drug-likeness (QED) is 0.630. The Labute approximate surface area is 197 Å². The van der Waals surface area contributed by atoms with Gasteiger partial charge in [-0.1, -0.05) is 69.2 Å². The van der Waals surface area contributed by atoms with E-state index in [-0.39, 0.29) is 22.6 Å². The third-order valence-corrected chi connectivity index (χ3v) is 6.95. The van der Waals surface area contributed by atoms with Crippen LogP contribution in [0.5, 0.6) is 5.75 Å². The molecule has 2 atom stereocenters. The summed E-state index contributed by atoms with van der Waals surface area (Å²) in [7, 11) is 0. The zero-order chi connectivity index (χ0) is 24.6. The van der Waals surface area contributed by atoms with E-state index in [1.165, 1.54) is 0 Å². The van der Waals surface area contributed by atoms with Gasteiger partial charge in [-0.15, -0.1) is 0 Å². The van der Waals surface area contributed by atoms with E-state index in [0.29, 0.717) is 25.0 Å². The number of rotatable bonds is 5. The highest BCUT2D eigenvalue weighted by atomic mass is 19.4. The normalized spacial score (nSPS) is 23.2. The topological polar surface area (TPSA) is 62.1 Å². The Morgan fingerprint density at radius 3 is 2.35 bits per heavy atom. The summed E-state index contributed by atoms with van der Waals surface area (Å²) in [5.41, 5.74) is -1.21. The standard InChI is InChI=1S/C26H29F3N2O3/c1-24(2,18-9-5-3-6-10-18)19-13-15-20(16-14-19)34-17-23(32)31-25(33,26(27,28)29)21-11-7-4-8-12-22(21)30-31/h3,5-6,9-10,13-16,21,33H,4,7-8,11-12,17H2,1-2H3/t21-,25-/m0/s1. The molecule has 182 valence electrons. The molecule has 5 nitrogen and oxygen atoms in total. The number of carbonyl (C=O) groups excluding carboxylic acids is 1. The van der Waals surface area contributed by atoms with Crippen LogP contribution in [0.4, 0.5) is 13.2 Å². The monoisotopic (exact) mass is 474 g/mol. The number of benzene rings is 2. The lowest BCUT2D eigenvalue weighted by Crippen LogP contribution is -2.61. The van der Waals surface area contributed by atoms with Gasteiger partial charge in [0.15, 0.2) is 6.61 Å². The third-order valence-electron chi connectivity index (χ3n) is 6.95. The number of hydrogen-bond acceptors (Lipinski definition) is 4. The number of halogens is 3. The first-order chi connectivity index (χ1) is 16.0. The highest BCUT2D eigenvalue weighted by molar-refractivity contribution is 5.93. The summed E-state index contributed by atoms with van der Waals surface area (Å²) in [4.78, 5) is 12.8. The Hall–Kier alpha value is -2.87. The van der Waals surface area contributed by atoms with Crippen molar-refractivity contribution in [2.45, 2.75) is 63.3 Å². The van der Waals surface area contributed by atoms with Gasteiger partial charge in [-0.3, -0.25) is 4.79 Å². The van der Waals surface area contributed by atoms with Crippen LogP contribution >= 0.6 is 0 Å². The van der Waals surface area contributed by atoms with Gasteiger partial charge in [0, 0.05) is 11.1 Å². The summed E-state index contributed by atoms with van der Waals surface area (Å²) in [6.07, 6.45) is -2.55. The van der Waals surface area contributed by atoms with Gasteiger partial charge in [0.1, 0.15) is 5.75 Å². The van der Waals surface area contributed by atoms with E-state index in [9.17, 15) is 23.1 Å². The lowest BCUT2D eigenvalue weighted by molar-refractivity contribution is -0.317. The van der Waals surface area contributed by atoms with Crippen molar-refractivity contribution in [3.63, 3.8) is 0 Å². The number of carbonyl (C=O) groups is 1. The molecular weight excluding hydrogens is 445 g/mol. The smallest absolute Gasteiger partial charge is 0.439 e. The summed E-state index contributed by atoms with van der Waals surface area (Å²) in [5, 5.41) is 14.9. The van der Waals surface area contributed by atoms with Crippen molar-refractivity contribution in [3.8, 4) is 5.75 Å². The molecule has 1 saturated carbocycles. The Balaban J connectivity index is 1.48. The van der Waals surface area contributed by atoms with Crippen molar-refractivity contribution in [2.75, 3.05) is 6.61 Å². The van der Waals surface area contributed by atoms with Crippen LogP contribution in [0.2, 0.25) is 0 Å². The van der Waals surface area contributed by atoms with Crippen molar-refractivity contribution in [1.29, 1.82) is 0 Å². The summed E-state index contributed by atoms with van der Waals surface area (Å²) >= 11 is 0. The first-order valence-corrected chi connectivity index (χ1v) is 11.5. The molecule has 0 radical (unpaired) electrons. The van der Waals surface area contributed by atoms with Gasteiger partial charge in [0.2, 0.25) is 0 Å². The number of hydrogen-bond donors (Lipinski definition) is 1. The largest absolute Gasteiger partial charge is 0.484 e. The number of nitrogens with zero attached hydrogens (tertiary/aromatic N) is 2. The van der Waals surface area contributed by atoms with E-state index >= 15 is 0 Å². The summed E-state index contributed by atoms with van der Waals surface area (Å²) < 4.78 is 47.4. The van der Waals surface area contributed by atoms with Crippen molar-refractivity contribution >= 4 is 11.6 Å². The fraction of sp³-hybridized carbons (Fsp3) is 0.462. The zero-order valence-electron chi connectivity index (χ0n) is 19.3. The van der Waals surface area contributed by atoms with E-state index in [2.05, 4.69) is 18.9 Å². The van der Waals surface area contributed by atoms with Crippen LogP contribution in [0, 0.1) is 5.92 Å². The number of amides is 1. The van der Waals surface area contributed by atoms with Crippen molar-refractivity contribution in [3.05, 3.63) is 65.7 Å². The van der Waals surface area contributed by atoms with Crippen LogP contribution in [0.25, 0.3) is 0 Å². The first kappa shape index (κ1) is 24.3. The summed E-state index contributed by atoms with van der Waals surface area (Å²) in [5.74, 6) is -1.93. The number of hydrazone groups is 1. The molecule has 2 aromatic carbocycles. The maximum Gasteiger partial charge on any atom is 0.439 e. The van der Waals surface area contributed by atoms with Crippen LogP contribution in [0.15, 0.2) is 59.7 Å². The van der Waals surface area contributed by atoms with Crippen molar-refractivity contribution in [1.82, 2.24) is 5.01 Å². The Kier molecular flexibility index (Phi) is 6.46. The van der Waals surface area contributed by atoms with E-state index in [1.807, 2.05) is 42.5 Å². The maximum absolute atomic E-state index is 14.0. The van der Waals surface area contributed by atoms with Gasteiger partial charge in [-0.05, 0) is 42.5 Å². The maximum atomic E-state index is 14.0. The van der Waals surface area contributed by atoms with E-state index < -0.39 is 30.3 Å². The SMILES string of the molecule is CC(C)(c1ccccc1)c1ccc(OCC(=O)N2N=C3CCCCC[C@@H]3[C@]2(O)C(F)(F)F)cc1. The second-order valence-corrected chi connectivity index (χ2v) is 9.48. The summed E-state index contributed by atoms with van der Waals surface area (Å²) in [6, 6.07) is 17.1. The average Bonchev–Trinajstić information content (AvgIpc) is 2.96. The molecule has 1 aliphatic heterocycles. The molecule has 0 aromatic heterocycles. The van der Waals surface area contributed by atoms with Crippen LogP contribution in [0.1, 0.15) is 57.1 Å². The molecule has 0 unspecified atom stereocenters. The number of ether oxygens (including phenoxy) is 1. The second kappa shape index (κ2) is 9.06. The van der Waals surface area contributed by atoms with Crippen LogP contribution < -0.4 is 4.74 Å². The van der Waals surface area contributed by atoms with Crippen LogP contribution in [0.3, 0.4) is 0 Å². The minimum atomic E-state index is -5.03. The Morgan fingerprint density at radius 1 is 1.06 bits per heavy atom. The molecule has 2 aromatic rings. The van der Waals surface area contributed by atoms with E-state index in [4.69, 9.17) is 4.74 Å². The number of aliphatic hydroxyl groups is 1. The fourth-order valence-corrected chi connectivity index (χ4v) is 4.84. The summed E-state index contributed by atoms with van der Waals surface area (Å²) in [6.45, 7) is 3.52. The van der Waals surface area contributed by atoms with E-state index in [0.717, 1.165) is 17.5 Å². The molecule has 34 heavy (non-hydrogen) atoms. The van der Waals surface area contributed by atoms with E-state index in [1.54, 1.807) is 12.1 Å². The average molecular weight is 475 g/mol. The zero-order valence-corrected chi connectivity index (χ0v) is 19.3. The Bertz CT molecular complexity index is 1050. The van der Waals surface area contributed by atoms with Gasteiger partial charge >= 0.3 is 6.18 Å². The molecule has 0 saturated heterocycles. The fourth-order valence-electron chi connectivity index (χ4n) is 4.84. The molecule has 2 aliphatic rings. The number of alkyl halides is 3. The van der Waals surface area contributed by atoms with Gasteiger partial charge in [0.25, 0.3) is 11.6 Å². The molecule has 0 bridgehead atoms. The predicted molar refractivity (Wildman–Crippen MR) is 122 cm³/mol.